The minimum atomic E-state index is 0.865. The van der Waals surface area contributed by atoms with Gasteiger partial charge in [0.2, 0.25) is 0 Å². The van der Waals surface area contributed by atoms with Crippen molar-refractivity contribution in [3.8, 4) is 44.5 Å². The van der Waals surface area contributed by atoms with Crippen LogP contribution in [0.25, 0.3) is 99.2 Å². The summed E-state index contributed by atoms with van der Waals surface area (Å²) in [6, 6.07) is 80.1. The maximum atomic E-state index is 6.46. The van der Waals surface area contributed by atoms with E-state index in [2.05, 4.69) is 205 Å². The van der Waals surface area contributed by atoms with Crippen molar-refractivity contribution in [3.05, 3.63) is 224 Å². The molecular weight excluding hydrogens is 743 g/mol. The van der Waals surface area contributed by atoms with Crippen LogP contribution in [0, 0.1) is 0 Å². The SMILES string of the molecule is c1ccc(-c2cccc3cccc(-c4ccccc4N(c4ccccc4-c4ccc5c(c4)oc4ccccc45)c4ccccc4-c4ccc5c(c4)oc4ccccc45)c23)cc1. The molecule has 0 radical (unpaired) electrons. The lowest BCUT2D eigenvalue weighted by atomic mass is 9.90. The van der Waals surface area contributed by atoms with Gasteiger partial charge >= 0.3 is 0 Å². The molecule has 0 saturated carbocycles. The Morgan fingerprint density at radius 2 is 0.689 bits per heavy atom. The summed E-state index contributed by atoms with van der Waals surface area (Å²) < 4.78 is 12.9. The highest BCUT2D eigenvalue weighted by molar-refractivity contribution is 6.11. The first kappa shape index (κ1) is 34.9. The third-order valence-corrected chi connectivity index (χ3v) is 12.1. The molecule has 0 atom stereocenters. The van der Waals surface area contributed by atoms with E-state index >= 15 is 0 Å². The quantitative estimate of drug-likeness (QED) is 0.161. The highest BCUT2D eigenvalue weighted by Crippen LogP contribution is 2.50. The predicted molar refractivity (Wildman–Crippen MR) is 255 cm³/mol. The highest BCUT2D eigenvalue weighted by atomic mass is 16.3. The summed E-state index contributed by atoms with van der Waals surface area (Å²) >= 11 is 0. The number of benzene rings is 10. The third-order valence-electron chi connectivity index (χ3n) is 12.1. The molecule has 0 spiro atoms. The number of nitrogens with zero attached hydrogens (tertiary/aromatic N) is 1. The number of rotatable bonds is 7. The molecule has 0 aliphatic carbocycles. The molecule has 10 aromatic carbocycles. The van der Waals surface area contributed by atoms with Gasteiger partial charge in [0.1, 0.15) is 22.3 Å². The Labute approximate surface area is 353 Å². The Kier molecular flexibility index (Phi) is 8.17. The first-order chi connectivity index (χ1) is 30.3. The summed E-state index contributed by atoms with van der Waals surface area (Å²) in [4.78, 5) is 2.45. The van der Waals surface area contributed by atoms with Crippen LogP contribution in [0.2, 0.25) is 0 Å². The fraction of sp³-hybridized carbons (Fsp3) is 0. The molecule has 3 heteroatoms. The summed E-state index contributed by atoms with van der Waals surface area (Å²) in [6.07, 6.45) is 0. The van der Waals surface area contributed by atoms with Gasteiger partial charge in [0.05, 0.1) is 17.1 Å². The van der Waals surface area contributed by atoms with E-state index < -0.39 is 0 Å². The summed E-state index contributed by atoms with van der Waals surface area (Å²) in [7, 11) is 0. The van der Waals surface area contributed by atoms with Crippen LogP contribution < -0.4 is 4.90 Å². The lowest BCUT2D eigenvalue weighted by Crippen LogP contribution is -2.13. The zero-order chi connectivity index (χ0) is 40.3. The van der Waals surface area contributed by atoms with Crippen LogP contribution in [0.4, 0.5) is 17.1 Å². The van der Waals surface area contributed by atoms with Gasteiger partial charge in [-0.1, -0.05) is 170 Å². The molecule has 286 valence electrons. The predicted octanol–water partition coefficient (Wildman–Crippen LogP) is 16.8. The van der Waals surface area contributed by atoms with Crippen LogP contribution in [0.5, 0.6) is 0 Å². The maximum absolute atomic E-state index is 6.46. The molecule has 0 aliphatic rings. The van der Waals surface area contributed by atoms with E-state index in [4.69, 9.17) is 8.83 Å². The fourth-order valence-electron chi connectivity index (χ4n) is 9.32. The molecule has 0 amide bonds. The van der Waals surface area contributed by atoms with Gasteiger partial charge in [-0.2, -0.15) is 0 Å². The Bertz CT molecular complexity index is 3450. The van der Waals surface area contributed by atoms with Gasteiger partial charge in [0.25, 0.3) is 0 Å². The molecule has 61 heavy (non-hydrogen) atoms. The molecule has 2 heterocycles. The summed E-state index contributed by atoms with van der Waals surface area (Å²) in [5, 5.41) is 6.86. The Balaban J connectivity index is 1.12. The molecule has 0 fully saturated rings. The van der Waals surface area contributed by atoms with Crippen molar-refractivity contribution in [2.24, 2.45) is 0 Å². The lowest BCUT2D eigenvalue weighted by Gasteiger charge is -2.32. The largest absolute Gasteiger partial charge is 0.456 e. The van der Waals surface area contributed by atoms with Crippen molar-refractivity contribution < 1.29 is 8.83 Å². The molecule has 2 aromatic heterocycles. The van der Waals surface area contributed by atoms with Crippen LogP contribution in [0.1, 0.15) is 0 Å². The van der Waals surface area contributed by atoms with Crippen molar-refractivity contribution in [3.63, 3.8) is 0 Å². The van der Waals surface area contributed by atoms with Gasteiger partial charge < -0.3 is 13.7 Å². The summed E-state index contributed by atoms with van der Waals surface area (Å²) in [5.74, 6) is 0. The summed E-state index contributed by atoms with van der Waals surface area (Å²) in [5.41, 5.74) is 15.7. The molecule has 12 rings (SSSR count). The standard InChI is InChI=1S/C58H37NO2/c1-2-16-38(17-3-1)44-25-14-18-39-19-15-26-50(58(39)44)45-22-6-11-29-53(45)59(51-27-9-4-20-42(51)40-32-34-48-46-23-7-12-30-54(46)60-56(48)36-40)52-28-10-5-21-43(52)41-33-35-49-47-24-8-13-31-55(47)61-57(49)37-41/h1-37H. The van der Waals surface area contributed by atoms with Crippen molar-refractivity contribution in [1.82, 2.24) is 0 Å². The minimum Gasteiger partial charge on any atom is -0.456 e. The van der Waals surface area contributed by atoms with Crippen molar-refractivity contribution in [1.29, 1.82) is 0 Å². The third kappa shape index (κ3) is 5.82. The van der Waals surface area contributed by atoms with Crippen LogP contribution >= 0.6 is 0 Å². The molecule has 0 saturated heterocycles. The van der Waals surface area contributed by atoms with E-state index in [9.17, 15) is 0 Å². The first-order valence-corrected chi connectivity index (χ1v) is 20.7. The number of hydrogen-bond acceptors (Lipinski definition) is 3. The Morgan fingerprint density at radius 1 is 0.262 bits per heavy atom. The van der Waals surface area contributed by atoms with E-state index in [0.717, 1.165) is 88.8 Å². The number of fused-ring (bicyclic) bond motifs is 7. The molecule has 12 aromatic rings. The van der Waals surface area contributed by atoms with Crippen LogP contribution in [0.15, 0.2) is 233 Å². The average molecular weight is 780 g/mol. The second kappa shape index (κ2) is 14.3. The molecule has 0 unspecified atom stereocenters. The smallest absolute Gasteiger partial charge is 0.136 e. The molecule has 0 aliphatic heterocycles. The second-order valence-electron chi connectivity index (χ2n) is 15.6. The van der Waals surface area contributed by atoms with Crippen molar-refractivity contribution in [2.45, 2.75) is 0 Å². The topological polar surface area (TPSA) is 29.5 Å². The second-order valence-corrected chi connectivity index (χ2v) is 15.6. The highest BCUT2D eigenvalue weighted by Gasteiger charge is 2.25. The first-order valence-electron chi connectivity index (χ1n) is 20.7. The maximum Gasteiger partial charge on any atom is 0.136 e. The summed E-state index contributed by atoms with van der Waals surface area (Å²) in [6.45, 7) is 0. The van der Waals surface area contributed by atoms with Crippen molar-refractivity contribution >= 4 is 71.7 Å². The molecule has 3 nitrogen and oxygen atoms in total. The van der Waals surface area contributed by atoms with E-state index in [1.807, 2.05) is 24.3 Å². The van der Waals surface area contributed by atoms with Crippen LogP contribution in [-0.4, -0.2) is 0 Å². The van der Waals surface area contributed by atoms with Crippen LogP contribution in [0.3, 0.4) is 0 Å². The van der Waals surface area contributed by atoms with Gasteiger partial charge in [0.15, 0.2) is 0 Å². The van der Waals surface area contributed by atoms with E-state index in [1.54, 1.807) is 0 Å². The number of para-hydroxylation sites is 5. The van der Waals surface area contributed by atoms with E-state index in [0.29, 0.717) is 0 Å². The van der Waals surface area contributed by atoms with Gasteiger partial charge in [-0.3, -0.25) is 0 Å². The van der Waals surface area contributed by atoms with Gasteiger partial charge in [0, 0.05) is 38.2 Å². The fourth-order valence-corrected chi connectivity index (χ4v) is 9.32. The Morgan fingerprint density at radius 3 is 1.26 bits per heavy atom. The molecule has 0 N–H and O–H groups in total. The van der Waals surface area contributed by atoms with Crippen LogP contribution in [-0.2, 0) is 0 Å². The molecular formula is C58H37NO2. The normalized spacial score (nSPS) is 11.6. The van der Waals surface area contributed by atoms with Gasteiger partial charge in [-0.15, -0.1) is 0 Å². The number of furan rings is 2. The lowest BCUT2D eigenvalue weighted by molar-refractivity contribution is 0.668. The minimum absolute atomic E-state index is 0.865. The van der Waals surface area contributed by atoms with E-state index in [-0.39, 0.29) is 0 Å². The average Bonchev–Trinajstić information content (AvgIpc) is 3.90. The zero-order valence-electron chi connectivity index (χ0n) is 33.1. The monoisotopic (exact) mass is 779 g/mol. The number of hydrogen-bond donors (Lipinski definition) is 0. The number of anilines is 3. The molecule has 0 bridgehead atoms. The van der Waals surface area contributed by atoms with Gasteiger partial charge in [-0.05, 0) is 93.2 Å². The Hall–Kier alpha value is -8.14. The van der Waals surface area contributed by atoms with E-state index in [1.165, 1.54) is 27.5 Å². The van der Waals surface area contributed by atoms with Gasteiger partial charge in [-0.25, -0.2) is 0 Å². The zero-order valence-corrected chi connectivity index (χ0v) is 33.1. The van der Waals surface area contributed by atoms with Crippen molar-refractivity contribution in [2.75, 3.05) is 4.90 Å².